The van der Waals surface area contributed by atoms with Crippen LogP contribution in [0.25, 0.3) is 21.5 Å². The molecule has 4 aromatic rings. The van der Waals surface area contributed by atoms with Crippen LogP contribution in [-0.4, -0.2) is 42.4 Å². The van der Waals surface area contributed by atoms with Gasteiger partial charge < -0.3 is 19.4 Å². The van der Waals surface area contributed by atoms with Crippen LogP contribution < -0.4 is 9.78 Å². The Morgan fingerprint density at radius 2 is 1.25 bits per heavy atom. The van der Waals surface area contributed by atoms with E-state index in [2.05, 4.69) is 4.74 Å². The molecule has 210 valence electrons. The smallest absolute Gasteiger partial charge is 0.465 e. The zero-order chi connectivity index (χ0) is 28.8. The van der Waals surface area contributed by atoms with E-state index in [9.17, 15) is 27.3 Å². The minimum Gasteiger partial charge on any atom is -0.465 e. The molecule has 0 aromatic heterocycles. The summed E-state index contributed by atoms with van der Waals surface area (Å²) in [5, 5.41) is 2.51. The number of nitrogens with zero attached hydrogens (tertiary/aromatic N) is 1. The fourth-order valence-electron chi connectivity index (χ4n) is 3.73. The number of carbonyl (C=O) groups excluding carboxylic acids is 2. The summed E-state index contributed by atoms with van der Waals surface area (Å²) in [5.41, 5.74) is 0. The maximum absolute atomic E-state index is 13.8. The average molecular weight is 577 g/mol. The van der Waals surface area contributed by atoms with Gasteiger partial charge in [0.1, 0.15) is 12.8 Å². The molecule has 0 spiro atoms. The van der Waals surface area contributed by atoms with Crippen molar-refractivity contribution in [3.8, 4) is 11.5 Å². The number of amides is 1. The third-order valence-electron chi connectivity index (χ3n) is 5.48. The van der Waals surface area contributed by atoms with Gasteiger partial charge in [-0.05, 0) is 29.8 Å². The van der Waals surface area contributed by atoms with Crippen LogP contribution in [0.3, 0.4) is 0 Å². The van der Waals surface area contributed by atoms with E-state index in [0.717, 1.165) is 10.8 Å². The molecular formula is C27H23F3NO8P. The fourth-order valence-corrected chi connectivity index (χ4v) is 4.88. The first-order valence-electron chi connectivity index (χ1n) is 11.9. The number of hydrogen-bond donors (Lipinski definition) is 0. The highest BCUT2D eigenvalue weighted by molar-refractivity contribution is 7.53. The van der Waals surface area contributed by atoms with Crippen molar-refractivity contribution in [1.82, 2.24) is 4.90 Å². The van der Waals surface area contributed by atoms with Crippen molar-refractivity contribution in [2.75, 3.05) is 19.4 Å². The van der Waals surface area contributed by atoms with E-state index in [0.29, 0.717) is 10.8 Å². The van der Waals surface area contributed by atoms with Crippen molar-refractivity contribution < 1.29 is 51.2 Å². The molecule has 40 heavy (non-hydrogen) atoms. The standard InChI is InChI=1S/C27H23F3NO8P/c1-2-35-25(32)17-31(26(33)27(28,29)30)18-40(34,38-36-23-15-7-11-19-9-3-5-13-21(19)23)39-37-24-16-8-12-20-10-4-6-14-22(20)24/h3-16H,2,17-18H2,1H3. The third kappa shape index (κ3) is 7.09. The molecule has 0 radical (unpaired) electrons. The van der Waals surface area contributed by atoms with E-state index in [1.54, 1.807) is 72.8 Å². The summed E-state index contributed by atoms with van der Waals surface area (Å²) in [6, 6.07) is 23.5. The van der Waals surface area contributed by atoms with Crippen LogP contribution in [-0.2, 0) is 28.2 Å². The summed E-state index contributed by atoms with van der Waals surface area (Å²) in [6.07, 6.45) is -6.77. The molecule has 0 aliphatic rings. The van der Waals surface area contributed by atoms with E-state index >= 15 is 0 Å². The van der Waals surface area contributed by atoms with Crippen molar-refractivity contribution >= 4 is 41.0 Å². The maximum Gasteiger partial charge on any atom is 0.471 e. The van der Waals surface area contributed by atoms with Crippen molar-refractivity contribution in [3.05, 3.63) is 84.9 Å². The Labute approximate surface area is 226 Å². The molecule has 0 bridgehead atoms. The number of benzene rings is 4. The van der Waals surface area contributed by atoms with Gasteiger partial charge in [0.05, 0.1) is 6.61 Å². The molecule has 0 aliphatic carbocycles. The summed E-state index contributed by atoms with van der Waals surface area (Å²) in [6.45, 7) is 0.0817. The summed E-state index contributed by atoms with van der Waals surface area (Å²) in [4.78, 5) is 34.7. The van der Waals surface area contributed by atoms with Gasteiger partial charge in [-0.15, -0.1) is 0 Å². The summed E-state index contributed by atoms with van der Waals surface area (Å²) < 4.78 is 68.8. The number of carbonyl (C=O) groups is 2. The molecule has 1 amide bonds. The van der Waals surface area contributed by atoms with Gasteiger partial charge in [0, 0.05) is 10.8 Å². The lowest BCUT2D eigenvalue weighted by Gasteiger charge is -2.25. The Hall–Kier alpha value is -4.12. The zero-order valence-corrected chi connectivity index (χ0v) is 21.9. The highest BCUT2D eigenvalue weighted by Crippen LogP contribution is 2.50. The SMILES string of the molecule is CCOC(=O)CN(CP(=O)(OOc1cccc2ccccc12)OOc1cccc2ccccc12)C(=O)C(F)(F)F. The lowest BCUT2D eigenvalue weighted by atomic mass is 10.1. The first-order valence-corrected chi connectivity index (χ1v) is 13.6. The van der Waals surface area contributed by atoms with Crippen molar-refractivity contribution in [1.29, 1.82) is 0 Å². The summed E-state index contributed by atoms with van der Waals surface area (Å²) >= 11 is 0. The zero-order valence-electron chi connectivity index (χ0n) is 21.0. The number of fused-ring (bicyclic) bond motifs is 2. The quantitative estimate of drug-likeness (QED) is 0.0872. The topological polar surface area (TPSA) is 101 Å². The molecule has 0 saturated carbocycles. The van der Waals surface area contributed by atoms with Crippen LogP contribution in [0.5, 0.6) is 11.5 Å². The molecule has 4 rings (SSSR count). The fraction of sp³-hybridized carbons (Fsp3) is 0.185. The molecule has 9 nitrogen and oxygen atoms in total. The number of esters is 1. The van der Waals surface area contributed by atoms with Crippen LogP contribution in [0.15, 0.2) is 84.9 Å². The van der Waals surface area contributed by atoms with E-state index in [-0.39, 0.29) is 23.0 Å². The van der Waals surface area contributed by atoms with Crippen molar-refractivity contribution in [2.45, 2.75) is 13.1 Å². The first kappa shape index (κ1) is 28.9. The second-order valence-electron chi connectivity index (χ2n) is 8.33. The molecule has 0 unspecified atom stereocenters. The molecule has 13 heteroatoms. The Morgan fingerprint density at radius 1 is 0.775 bits per heavy atom. The van der Waals surface area contributed by atoms with E-state index in [1.807, 2.05) is 0 Å². The van der Waals surface area contributed by atoms with E-state index in [4.69, 9.17) is 19.1 Å². The highest BCUT2D eigenvalue weighted by Gasteiger charge is 2.47. The molecular weight excluding hydrogens is 554 g/mol. The molecule has 0 fully saturated rings. The lowest BCUT2D eigenvalue weighted by molar-refractivity contribution is -0.190. The second kappa shape index (κ2) is 12.4. The van der Waals surface area contributed by atoms with Gasteiger partial charge in [-0.3, -0.25) is 14.2 Å². The number of hydrogen-bond acceptors (Lipinski definition) is 8. The summed E-state index contributed by atoms with van der Waals surface area (Å²) in [7, 11) is -4.91. The number of rotatable bonds is 11. The highest BCUT2D eigenvalue weighted by atomic mass is 31.2. The Bertz CT molecular complexity index is 1460. The molecule has 0 heterocycles. The normalized spacial score (nSPS) is 11.8. The lowest BCUT2D eigenvalue weighted by Crippen LogP contribution is -2.45. The minimum absolute atomic E-state index is 0.0578. The van der Waals surface area contributed by atoms with Gasteiger partial charge in [0.15, 0.2) is 11.5 Å². The van der Waals surface area contributed by atoms with Crippen LogP contribution in [0, 0.1) is 0 Å². The average Bonchev–Trinajstić information content (AvgIpc) is 2.94. The van der Waals surface area contributed by atoms with Gasteiger partial charge >= 0.3 is 25.6 Å². The van der Waals surface area contributed by atoms with Gasteiger partial charge in [-0.25, -0.2) is 0 Å². The van der Waals surface area contributed by atoms with Gasteiger partial charge in [0.2, 0.25) is 0 Å². The van der Waals surface area contributed by atoms with E-state index in [1.165, 1.54) is 19.1 Å². The molecule has 0 aliphatic heterocycles. The van der Waals surface area contributed by atoms with Crippen molar-refractivity contribution in [2.24, 2.45) is 0 Å². The Kier molecular flexibility index (Phi) is 8.93. The molecule has 0 N–H and O–H groups in total. The van der Waals surface area contributed by atoms with E-state index < -0.39 is 38.5 Å². The van der Waals surface area contributed by atoms with Gasteiger partial charge in [-0.2, -0.15) is 13.2 Å². The Morgan fingerprint density at radius 3 is 1.73 bits per heavy atom. The predicted molar refractivity (Wildman–Crippen MR) is 138 cm³/mol. The van der Waals surface area contributed by atoms with Crippen LogP contribution in [0.4, 0.5) is 13.2 Å². The molecule has 4 aromatic carbocycles. The minimum atomic E-state index is -5.41. The third-order valence-corrected chi connectivity index (χ3v) is 6.77. The second-order valence-corrected chi connectivity index (χ2v) is 10.1. The number of halogens is 3. The van der Waals surface area contributed by atoms with Crippen LogP contribution >= 0.6 is 7.60 Å². The molecule has 0 saturated heterocycles. The number of ether oxygens (including phenoxy) is 1. The summed E-state index contributed by atoms with van der Waals surface area (Å²) in [5.74, 6) is -3.52. The Balaban J connectivity index is 1.65. The van der Waals surface area contributed by atoms with Crippen LogP contribution in [0.1, 0.15) is 6.92 Å². The van der Waals surface area contributed by atoms with Crippen LogP contribution in [0.2, 0.25) is 0 Å². The monoisotopic (exact) mass is 577 g/mol. The van der Waals surface area contributed by atoms with Crippen molar-refractivity contribution in [3.63, 3.8) is 0 Å². The maximum atomic E-state index is 13.8. The van der Waals surface area contributed by atoms with Gasteiger partial charge in [-0.1, -0.05) is 82.1 Å². The first-order chi connectivity index (χ1) is 19.1. The largest absolute Gasteiger partial charge is 0.471 e. The van der Waals surface area contributed by atoms with Gasteiger partial charge in [0.25, 0.3) is 0 Å². The number of alkyl halides is 3. The predicted octanol–water partition coefficient (Wildman–Crippen LogP) is 6.42. The molecule has 0 atom stereocenters.